The van der Waals surface area contributed by atoms with Crippen LogP contribution in [0.25, 0.3) is 0 Å². The van der Waals surface area contributed by atoms with Crippen LogP contribution in [0.1, 0.15) is 12.0 Å². The van der Waals surface area contributed by atoms with Gasteiger partial charge in [0, 0.05) is 19.2 Å². The molecule has 0 heterocycles. The maximum atomic E-state index is 11.8. The fourth-order valence-corrected chi connectivity index (χ4v) is 2.26. The highest BCUT2D eigenvalue weighted by atomic mass is 31.2. The monoisotopic (exact) mass is 226 g/mol. The van der Waals surface area contributed by atoms with Crippen molar-refractivity contribution in [2.24, 2.45) is 0 Å². The maximum Gasteiger partial charge on any atom is 0.200 e. The summed E-state index contributed by atoms with van der Waals surface area (Å²) in [5.41, 5.74) is 0.991. The van der Waals surface area contributed by atoms with Crippen LogP contribution in [0, 0.1) is 0 Å². The molecule has 0 saturated heterocycles. The SMILES string of the molecule is CP(=O)(CCC=O)OCc1ccccc1. The molecule has 0 aromatic heterocycles. The van der Waals surface area contributed by atoms with Crippen LogP contribution in [0.2, 0.25) is 0 Å². The highest BCUT2D eigenvalue weighted by Crippen LogP contribution is 2.43. The number of benzene rings is 1. The van der Waals surface area contributed by atoms with Gasteiger partial charge in [-0.15, -0.1) is 0 Å². The van der Waals surface area contributed by atoms with Crippen molar-refractivity contribution in [1.82, 2.24) is 0 Å². The average molecular weight is 226 g/mol. The average Bonchev–Trinajstić information content (AvgIpc) is 2.25. The molecule has 4 heteroatoms. The van der Waals surface area contributed by atoms with Gasteiger partial charge in [-0.2, -0.15) is 0 Å². The molecule has 1 unspecified atom stereocenters. The van der Waals surface area contributed by atoms with Gasteiger partial charge in [0.05, 0.1) is 6.61 Å². The summed E-state index contributed by atoms with van der Waals surface area (Å²) in [6.07, 6.45) is 1.38. The topological polar surface area (TPSA) is 43.4 Å². The minimum absolute atomic E-state index is 0.294. The third-order valence-corrected chi connectivity index (χ3v) is 3.75. The summed E-state index contributed by atoms with van der Waals surface area (Å²) in [5.74, 6) is 0. The van der Waals surface area contributed by atoms with Crippen LogP contribution >= 0.6 is 7.37 Å². The maximum absolute atomic E-state index is 11.8. The molecule has 0 bridgehead atoms. The van der Waals surface area contributed by atoms with Crippen molar-refractivity contribution in [3.05, 3.63) is 35.9 Å². The van der Waals surface area contributed by atoms with Crippen LogP contribution in [0.15, 0.2) is 30.3 Å². The first-order valence-electron chi connectivity index (χ1n) is 4.83. The van der Waals surface area contributed by atoms with Gasteiger partial charge in [-0.3, -0.25) is 4.57 Å². The minimum Gasteiger partial charge on any atom is -0.324 e. The van der Waals surface area contributed by atoms with Gasteiger partial charge in [-0.1, -0.05) is 30.3 Å². The number of aldehydes is 1. The summed E-state index contributed by atoms with van der Waals surface area (Å²) in [4.78, 5) is 10.1. The lowest BCUT2D eigenvalue weighted by Crippen LogP contribution is -1.95. The number of rotatable bonds is 6. The van der Waals surface area contributed by atoms with Crippen molar-refractivity contribution >= 4 is 13.7 Å². The fourth-order valence-electron chi connectivity index (χ4n) is 1.14. The van der Waals surface area contributed by atoms with Crippen molar-refractivity contribution < 1.29 is 13.9 Å². The molecule has 0 aliphatic carbocycles. The fraction of sp³-hybridized carbons (Fsp3) is 0.364. The summed E-state index contributed by atoms with van der Waals surface area (Å²) < 4.78 is 17.1. The Bertz CT molecular complexity index is 348. The molecule has 15 heavy (non-hydrogen) atoms. The molecule has 0 amide bonds. The molecule has 3 nitrogen and oxygen atoms in total. The van der Waals surface area contributed by atoms with Crippen LogP contribution in [0.5, 0.6) is 0 Å². The predicted octanol–water partition coefficient (Wildman–Crippen LogP) is 2.70. The van der Waals surface area contributed by atoms with Crippen LogP contribution in [-0.4, -0.2) is 19.1 Å². The van der Waals surface area contributed by atoms with Crippen molar-refractivity contribution in [1.29, 1.82) is 0 Å². The lowest BCUT2D eigenvalue weighted by atomic mass is 10.2. The van der Waals surface area contributed by atoms with Gasteiger partial charge < -0.3 is 9.32 Å². The zero-order valence-electron chi connectivity index (χ0n) is 8.76. The standard InChI is InChI=1S/C11H15O3P/c1-15(13,9-5-8-12)14-10-11-6-3-2-4-7-11/h2-4,6-8H,5,9-10H2,1H3. The molecule has 82 valence electrons. The van der Waals surface area contributed by atoms with Crippen LogP contribution < -0.4 is 0 Å². The van der Waals surface area contributed by atoms with Crippen molar-refractivity contribution in [3.63, 3.8) is 0 Å². The second-order valence-corrected chi connectivity index (χ2v) is 6.19. The Morgan fingerprint density at radius 1 is 1.33 bits per heavy atom. The molecular formula is C11H15O3P. The Balaban J connectivity index is 2.42. The summed E-state index contributed by atoms with van der Waals surface area (Å²) in [6, 6.07) is 9.57. The van der Waals surface area contributed by atoms with Crippen molar-refractivity contribution in [2.45, 2.75) is 13.0 Å². The van der Waals surface area contributed by atoms with Crippen LogP contribution in [-0.2, 0) is 20.5 Å². The van der Waals surface area contributed by atoms with E-state index in [-0.39, 0.29) is 0 Å². The van der Waals surface area contributed by atoms with E-state index in [2.05, 4.69) is 0 Å². The van der Waals surface area contributed by atoms with Gasteiger partial charge in [0.1, 0.15) is 6.29 Å². The third-order valence-electron chi connectivity index (χ3n) is 2.00. The molecule has 1 aromatic rings. The number of carbonyl (C=O) groups excluding carboxylic acids is 1. The smallest absolute Gasteiger partial charge is 0.200 e. The molecule has 0 aliphatic heterocycles. The number of carbonyl (C=O) groups is 1. The van der Waals surface area contributed by atoms with E-state index in [1.807, 2.05) is 30.3 Å². The molecular weight excluding hydrogens is 211 g/mol. The van der Waals surface area contributed by atoms with E-state index in [4.69, 9.17) is 4.52 Å². The largest absolute Gasteiger partial charge is 0.324 e. The summed E-state index contributed by atoms with van der Waals surface area (Å²) in [7, 11) is -2.61. The number of hydrogen-bond acceptors (Lipinski definition) is 3. The summed E-state index contributed by atoms with van der Waals surface area (Å²) >= 11 is 0. The van der Waals surface area contributed by atoms with Crippen molar-refractivity contribution in [2.75, 3.05) is 12.8 Å². The molecule has 0 spiro atoms. The lowest BCUT2D eigenvalue weighted by Gasteiger charge is -2.12. The Morgan fingerprint density at radius 2 is 2.00 bits per heavy atom. The van der Waals surface area contributed by atoms with Gasteiger partial charge in [-0.05, 0) is 5.56 Å². The second kappa shape index (κ2) is 5.84. The zero-order valence-corrected chi connectivity index (χ0v) is 9.65. The Kier molecular flexibility index (Phi) is 4.73. The molecule has 0 fully saturated rings. The Morgan fingerprint density at radius 3 is 2.60 bits per heavy atom. The Hall–Kier alpha value is -0.920. The van der Waals surface area contributed by atoms with E-state index in [0.29, 0.717) is 19.2 Å². The van der Waals surface area contributed by atoms with Crippen molar-refractivity contribution in [3.8, 4) is 0 Å². The molecule has 0 saturated carbocycles. The van der Waals surface area contributed by atoms with Gasteiger partial charge in [0.25, 0.3) is 0 Å². The third kappa shape index (κ3) is 4.91. The highest BCUT2D eigenvalue weighted by molar-refractivity contribution is 7.58. The zero-order chi connectivity index (χ0) is 11.1. The van der Waals surface area contributed by atoms with E-state index in [0.717, 1.165) is 11.8 Å². The van der Waals surface area contributed by atoms with Gasteiger partial charge in [-0.25, -0.2) is 0 Å². The van der Waals surface area contributed by atoms with E-state index < -0.39 is 7.37 Å². The number of hydrogen-bond donors (Lipinski definition) is 0. The Labute approximate surface area is 89.9 Å². The van der Waals surface area contributed by atoms with E-state index >= 15 is 0 Å². The molecule has 1 atom stereocenters. The van der Waals surface area contributed by atoms with E-state index in [9.17, 15) is 9.36 Å². The first kappa shape index (κ1) is 12.2. The van der Waals surface area contributed by atoms with Gasteiger partial charge in [0.15, 0.2) is 0 Å². The van der Waals surface area contributed by atoms with E-state index in [1.54, 1.807) is 6.66 Å². The first-order chi connectivity index (χ1) is 7.14. The minimum atomic E-state index is -2.61. The van der Waals surface area contributed by atoms with Gasteiger partial charge in [0.2, 0.25) is 7.37 Å². The van der Waals surface area contributed by atoms with Crippen LogP contribution in [0.4, 0.5) is 0 Å². The molecule has 0 N–H and O–H groups in total. The summed E-state index contributed by atoms with van der Waals surface area (Å²) in [5, 5.41) is 0. The quantitative estimate of drug-likeness (QED) is 0.553. The van der Waals surface area contributed by atoms with Gasteiger partial charge >= 0.3 is 0 Å². The highest BCUT2D eigenvalue weighted by Gasteiger charge is 2.14. The van der Waals surface area contributed by atoms with E-state index in [1.165, 1.54) is 0 Å². The van der Waals surface area contributed by atoms with Crippen LogP contribution in [0.3, 0.4) is 0 Å². The first-order valence-corrected chi connectivity index (χ1v) is 7.08. The second-order valence-electron chi connectivity index (χ2n) is 3.45. The molecule has 0 aliphatic rings. The molecule has 1 rings (SSSR count). The lowest BCUT2D eigenvalue weighted by molar-refractivity contribution is -0.107. The summed E-state index contributed by atoms with van der Waals surface area (Å²) in [6.45, 7) is 1.91. The molecule has 0 radical (unpaired) electrons. The predicted molar refractivity (Wildman–Crippen MR) is 60.3 cm³/mol. The molecule has 1 aromatic carbocycles. The normalized spacial score (nSPS) is 14.5.